The molecule has 0 N–H and O–H groups in total. The van der Waals surface area contributed by atoms with Crippen molar-refractivity contribution in [1.82, 2.24) is 4.57 Å². The molecule has 2 heteroatoms. The van der Waals surface area contributed by atoms with Gasteiger partial charge in [-0.3, -0.25) is 0 Å². The molecule has 0 fully saturated rings. The largest absolute Gasteiger partial charge is 0.333 e. The Morgan fingerprint density at radius 2 is 1.08 bits per heavy atom. The number of rotatable bonds is 5. The van der Waals surface area contributed by atoms with Crippen LogP contribution in [0.2, 0.25) is 0 Å². The zero-order chi connectivity index (χ0) is 33.9. The summed E-state index contributed by atoms with van der Waals surface area (Å²) >= 11 is 0. The SMILES string of the molecule is CC12C=C(c3ccc4c(c3)c3ccccc3n4-c3cccc(-c4ccc(-c5ccccc5)cc4)c3)C=CC1N(c1ccccc1)c1ccccc12. The maximum absolute atomic E-state index is 2.51. The van der Waals surface area contributed by atoms with Crippen molar-refractivity contribution >= 4 is 38.8 Å². The van der Waals surface area contributed by atoms with E-state index in [-0.39, 0.29) is 11.5 Å². The minimum atomic E-state index is -0.167. The van der Waals surface area contributed by atoms with E-state index in [4.69, 9.17) is 0 Å². The van der Waals surface area contributed by atoms with Crippen LogP contribution in [0, 0.1) is 0 Å². The lowest BCUT2D eigenvalue weighted by Gasteiger charge is -2.36. The van der Waals surface area contributed by atoms with Crippen molar-refractivity contribution in [1.29, 1.82) is 0 Å². The van der Waals surface area contributed by atoms with E-state index in [2.05, 4.69) is 211 Å². The normalized spacial score (nSPS) is 17.8. The van der Waals surface area contributed by atoms with Crippen LogP contribution in [-0.4, -0.2) is 10.6 Å². The van der Waals surface area contributed by atoms with Gasteiger partial charge in [-0.15, -0.1) is 0 Å². The first kappa shape index (κ1) is 29.5. The summed E-state index contributed by atoms with van der Waals surface area (Å²) in [6.45, 7) is 2.40. The van der Waals surface area contributed by atoms with Crippen LogP contribution in [0.15, 0.2) is 194 Å². The molecule has 7 aromatic carbocycles. The second-order valence-electron chi connectivity index (χ2n) is 14.0. The van der Waals surface area contributed by atoms with Crippen LogP contribution in [0.3, 0.4) is 0 Å². The number of benzene rings is 7. The summed E-state index contributed by atoms with van der Waals surface area (Å²) in [4.78, 5) is 2.50. The number of nitrogens with zero attached hydrogens (tertiary/aromatic N) is 2. The average Bonchev–Trinajstić information content (AvgIpc) is 3.67. The molecule has 1 aliphatic heterocycles. The zero-order valence-corrected chi connectivity index (χ0v) is 28.4. The van der Waals surface area contributed by atoms with Gasteiger partial charge in [0.2, 0.25) is 0 Å². The van der Waals surface area contributed by atoms with Crippen molar-refractivity contribution in [3.63, 3.8) is 0 Å². The second-order valence-corrected chi connectivity index (χ2v) is 14.0. The Labute approximate surface area is 298 Å². The second kappa shape index (κ2) is 11.6. The molecule has 0 amide bonds. The Morgan fingerprint density at radius 3 is 1.90 bits per heavy atom. The van der Waals surface area contributed by atoms with Crippen LogP contribution in [-0.2, 0) is 5.41 Å². The maximum atomic E-state index is 2.51. The van der Waals surface area contributed by atoms with Gasteiger partial charge >= 0.3 is 0 Å². The van der Waals surface area contributed by atoms with Gasteiger partial charge in [-0.2, -0.15) is 0 Å². The van der Waals surface area contributed by atoms with Crippen molar-refractivity contribution in [2.75, 3.05) is 4.90 Å². The Bertz CT molecular complexity index is 2640. The van der Waals surface area contributed by atoms with Crippen LogP contribution >= 0.6 is 0 Å². The minimum absolute atomic E-state index is 0.167. The molecule has 0 saturated heterocycles. The molecule has 1 aromatic heterocycles. The molecule has 51 heavy (non-hydrogen) atoms. The van der Waals surface area contributed by atoms with E-state index in [1.807, 2.05) is 0 Å². The summed E-state index contributed by atoms with van der Waals surface area (Å²) in [7, 11) is 0. The van der Waals surface area contributed by atoms with Crippen LogP contribution in [0.1, 0.15) is 18.1 Å². The topological polar surface area (TPSA) is 8.17 Å². The monoisotopic (exact) mass is 652 g/mol. The first-order valence-electron chi connectivity index (χ1n) is 17.8. The van der Waals surface area contributed by atoms with Crippen molar-refractivity contribution in [3.05, 3.63) is 205 Å². The zero-order valence-electron chi connectivity index (χ0n) is 28.4. The van der Waals surface area contributed by atoms with E-state index in [9.17, 15) is 0 Å². The smallest absolute Gasteiger partial charge is 0.0655 e. The standard InChI is InChI=1S/C49H36N2/c1-49-33-39(28-30-48(49)51(40-16-6-3-7-17-40)47-22-11-9-20-44(47)49)38-27-29-46-43(32-38)42-19-8-10-21-45(42)50(46)41-18-12-15-37(31-41)36-25-23-35(24-26-36)34-13-4-2-5-14-34/h2-33,48H,1H3. The van der Waals surface area contributed by atoms with E-state index >= 15 is 0 Å². The van der Waals surface area contributed by atoms with E-state index in [1.165, 1.54) is 72.1 Å². The molecule has 0 spiro atoms. The summed E-state index contributed by atoms with van der Waals surface area (Å²) in [5.74, 6) is 0. The molecule has 10 rings (SSSR count). The third kappa shape index (κ3) is 4.71. The molecule has 0 saturated carbocycles. The molecule has 2 atom stereocenters. The van der Waals surface area contributed by atoms with E-state index in [0.29, 0.717) is 0 Å². The van der Waals surface area contributed by atoms with Crippen molar-refractivity contribution in [2.45, 2.75) is 18.4 Å². The lowest BCUT2D eigenvalue weighted by molar-refractivity contribution is 0.553. The number of anilines is 2. The molecular formula is C49H36N2. The van der Waals surface area contributed by atoms with Gasteiger partial charge in [0.1, 0.15) is 0 Å². The molecule has 2 nitrogen and oxygen atoms in total. The van der Waals surface area contributed by atoms with Gasteiger partial charge in [0.05, 0.1) is 17.1 Å². The highest BCUT2D eigenvalue weighted by molar-refractivity contribution is 6.10. The van der Waals surface area contributed by atoms with Crippen LogP contribution in [0.5, 0.6) is 0 Å². The van der Waals surface area contributed by atoms with Crippen molar-refractivity contribution < 1.29 is 0 Å². The Kier molecular flexibility index (Phi) is 6.72. The lowest BCUT2D eigenvalue weighted by atomic mass is 9.73. The molecule has 0 radical (unpaired) electrons. The lowest BCUT2D eigenvalue weighted by Crippen LogP contribution is -2.39. The minimum Gasteiger partial charge on any atom is -0.333 e. The fourth-order valence-corrected chi connectivity index (χ4v) is 8.54. The predicted molar refractivity (Wildman–Crippen MR) is 215 cm³/mol. The van der Waals surface area contributed by atoms with E-state index < -0.39 is 0 Å². The van der Waals surface area contributed by atoms with E-state index in [0.717, 1.165) is 5.69 Å². The highest BCUT2D eigenvalue weighted by Gasteiger charge is 2.47. The summed E-state index contributed by atoms with van der Waals surface area (Å²) < 4.78 is 2.42. The van der Waals surface area contributed by atoms with E-state index in [1.54, 1.807) is 0 Å². The molecule has 2 heterocycles. The van der Waals surface area contributed by atoms with Gasteiger partial charge in [-0.25, -0.2) is 0 Å². The highest BCUT2D eigenvalue weighted by atomic mass is 15.2. The maximum Gasteiger partial charge on any atom is 0.0655 e. The molecule has 0 bridgehead atoms. The summed E-state index contributed by atoms with van der Waals surface area (Å²) in [5.41, 5.74) is 14.7. The van der Waals surface area contributed by atoms with Gasteiger partial charge < -0.3 is 9.47 Å². The van der Waals surface area contributed by atoms with Crippen molar-refractivity contribution in [2.24, 2.45) is 0 Å². The summed E-state index contributed by atoms with van der Waals surface area (Å²) in [5, 5.41) is 2.53. The third-order valence-electron chi connectivity index (χ3n) is 11.0. The molecular weight excluding hydrogens is 617 g/mol. The van der Waals surface area contributed by atoms with Crippen LogP contribution < -0.4 is 4.90 Å². The molecule has 1 aliphatic carbocycles. The van der Waals surface area contributed by atoms with Gasteiger partial charge in [0, 0.05) is 33.2 Å². The number of allylic oxidation sites excluding steroid dienone is 2. The van der Waals surface area contributed by atoms with Crippen LogP contribution in [0.4, 0.5) is 11.4 Å². The third-order valence-corrected chi connectivity index (χ3v) is 11.0. The Morgan fingerprint density at radius 1 is 0.471 bits per heavy atom. The number of aromatic nitrogens is 1. The average molecular weight is 653 g/mol. The summed E-state index contributed by atoms with van der Waals surface area (Å²) in [6, 6.07) is 64.1. The van der Waals surface area contributed by atoms with Gasteiger partial charge in [0.15, 0.2) is 0 Å². The Hall–Kier alpha value is -6.38. The number of fused-ring (bicyclic) bond motifs is 6. The predicted octanol–water partition coefficient (Wildman–Crippen LogP) is 12.5. The molecule has 8 aromatic rings. The van der Waals surface area contributed by atoms with Gasteiger partial charge in [-0.05, 0) is 94.4 Å². The Balaban J connectivity index is 1.05. The van der Waals surface area contributed by atoms with Gasteiger partial charge in [0.25, 0.3) is 0 Å². The fourth-order valence-electron chi connectivity index (χ4n) is 8.54. The van der Waals surface area contributed by atoms with Gasteiger partial charge in [-0.1, -0.05) is 146 Å². The molecule has 242 valence electrons. The molecule has 2 unspecified atom stereocenters. The summed E-state index contributed by atoms with van der Waals surface area (Å²) in [6.07, 6.45) is 7.25. The number of hydrogen-bond donors (Lipinski definition) is 0. The quantitative estimate of drug-likeness (QED) is 0.180. The number of hydrogen-bond acceptors (Lipinski definition) is 1. The number of para-hydroxylation sites is 3. The van der Waals surface area contributed by atoms with Crippen LogP contribution in [0.25, 0.3) is 55.3 Å². The molecule has 2 aliphatic rings. The highest BCUT2D eigenvalue weighted by Crippen LogP contribution is 2.52. The fraction of sp³-hybridized carbons (Fsp3) is 0.0612. The van der Waals surface area contributed by atoms with Crippen molar-refractivity contribution in [3.8, 4) is 27.9 Å². The first-order chi connectivity index (χ1) is 25.2. The first-order valence-corrected chi connectivity index (χ1v) is 17.8.